The second kappa shape index (κ2) is 5.33. The SMILES string of the molecule is [CH2]NCc1ccc(Oc2ccccc2)cc1. The minimum Gasteiger partial charge on any atom is -0.457 e. The molecular formula is C14H14NO. The number of ether oxygens (including phenoxy) is 1. The van der Waals surface area contributed by atoms with Crippen LogP contribution in [0.1, 0.15) is 5.56 Å². The van der Waals surface area contributed by atoms with Crippen LogP contribution in [-0.4, -0.2) is 0 Å². The van der Waals surface area contributed by atoms with E-state index in [1.165, 1.54) is 5.56 Å². The Morgan fingerprint density at radius 2 is 1.50 bits per heavy atom. The molecule has 2 heteroatoms. The van der Waals surface area contributed by atoms with E-state index in [4.69, 9.17) is 4.74 Å². The van der Waals surface area contributed by atoms with E-state index in [2.05, 4.69) is 12.4 Å². The monoisotopic (exact) mass is 212 g/mol. The maximum atomic E-state index is 5.68. The second-order valence-electron chi connectivity index (χ2n) is 3.49. The molecule has 0 aliphatic rings. The van der Waals surface area contributed by atoms with Crippen molar-refractivity contribution < 1.29 is 4.74 Å². The van der Waals surface area contributed by atoms with Gasteiger partial charge in [0.15, 0.2) is 0 Å². The van der Waals surface area contributed by atoms with E-state index in [9.17, 15) is 0 Å². The topological polar surface area (TPSA) is 21.3 Å². The van der Waals surface area contributed by atoms with Crippen molar-refractivity contribution in [3.05, 3.63) is 67.2 Å². The van der Waals surface area contributed by atoms with E-state index in [-0.39, 0.29) is 0 Å². The van der Waals surface area contributed by atoms with Gasteiger partial charge in [-0.25, -0.2) is 0 Å². The van der Waals surface area contributed by atoms with Crippen molar-refractivity contribution in [3.8, 4) is 11.5 Å². The van der Waals surface area contributed by atoms with Crippen molar-refractivity contribution in [1.82, 2.24) is 5.32 Å². The molecule has 2 nitrogen and oxygen atoms in total. The normalized spacial score (nSPS) is 10.1. The molecule has 0 heterocycles. The first kappa shape index (κ1) is 10.7. The summed E-state index contributed by atoms with van der Waals surface area (Å²) in [6.07, 6.45) is 0. The van der Waals surface area contributed by atoms with E-state index in [1.54, 1.807) is 0 Å². The lowest BCUT2D eigenvalue weighted by Gasteiger charge is -2.06. The average molecular weight is 212 g/mol. The molecule has 16 heavy (non-hydrogen) atoms. The van der Waals surface area contributed by atoms with Gasteiger partial charge in [0.25, 0.3) is 0 Å². The summed E-state index contributed by atoms with van der Waals surface area (Å²) in [4.78, 5) is 0. The molecule has 0 aliphatic carbocycles. The van der Waals surface area contributed by atoms with Gasteiger partial charge in [-0.15, -0.1) is 0 Å². The van der Waals surface area contributed by atoms with Gasteiger partial charge in [0, 0.05) is 13.6 Å². The van der Waals surface area contributed by atoms with Crippen LogP contribution in [0.2, 0.25) is 0 Å². The van der Waals surface area contributed by atoms with Gasteiger partial charge < -0.3 is 10.1 Å². The Kier molecular flexibility index (Phi) is 3.57. The average Bonchev–Trinajstić information content (AvgIpc) is 2.33. The zero-order chi connectivity index (χ0) is 11.2. The fourth-order valence-electron chi connectivity index (χ4n) is 1.44. The summed E-state index contributed by atoms with van der Waals surface area (Å²) in [6, 6.07) is 17.7. The maximum absolute atomic E-state index is 5.68. The van der Waals surface area contributed by atoms with Gasteiger partial charge in [0.1, 0.15) is 11.5 Å². The molecule has 0 saturated heterocycles. The van der Waals surface area contributed by atoms with Crippen LogP contribution >= 0.6 is 0 Å². The summed E-state index contributed by atoms with van der Waals surface area (Å²) in [6.45, 7) is 0.769. The van der Waals surface area contributed by atoms with Crippen LogP contribution in [0, 0.1) is 7.05 Å². The summed E-state index contributed by atoms with van der Waals surface area (Å²) in [5.41, 5.74) is 1.19. The van der Waals surface area contributed by atoms with Crippen molar-refractivity contribution in [2.75, 3.05) is 0 Å². The van der Waals surface area contributed by atoms with Gasteiger partial charge in [-0.05, 0) is 29.8 Å². The molecule has 0 aromatic heterocycles. The fourth-order valence-corrected chi connectivity index (χ4v) is 1.44. The summed E-state index contributed by atoms with van der Waals surface area (Å²) >= 11 is 0. The number of nitrogens with one attached hydrogen (secondary N) is 1. The third-order valence-corrected chi connectivity index (χ3v) is 2.23. The summed E-state index contributed by atoms with van der Waals surface area (Å²) in [5.74, 6) is 1.70. The molecule has 0 amide bonds. The van der Waals surface area contributed by atoms with Crippen LogP contribution in [0.5, 0.6) is 11.5 Å². The highest BCUT2D eigenvalue weighted by Gasteiger charge is 1.96. The zero-order valence-corrected chi connectivity index (χ0v) is 9.02. The number of benzene rings is 2. The van der Waals surface area contributed by atoms with Crippen LogP contribution < -0.4 is 10.1 Å². The Labute approximate surface area is 95.9 Å². The summed E-state index contributed by atoms with van der Waals surface area (Å²) in [7, 11) is 3.59. The molecule has 0 bridgehead atoms. The summed E-state index contributed by atoms with van der Waals surface area (Å²) in [5, 5.41) is 2.86. The number of rotatable bonds is 4. The van der Waals surface area contributed by atoms with Crippen molar-refractivity contribution in [1.29, 1.82) is 0 Å². The highest BCUT2D eigenvalue weighted by molar-refractivity contribution is 5.32. The standard InChI is InChI=1S/C14H14NO/c1-15-11-12-7-9-14(10-8-12)16-13-5-3-2-4-6-13/h2-10,15H,1,11H2. The van der Waals surface area contributed by atoms with Gasteiger partial charge >= 0.3 is 0 Å². The molecule has 0 fully saturated rings. The molecular weight excluding hydrogens is 198 g/mol. The Morgan fingerprint density at radius 3 is 2.12 bits per heavy atom. The largest absolute Gasteiger partial charge is 0.457 e. The molecule has 0 saturated carbocycles. The Balaban J connectivity index is 2.05. The van der Waals surface area contributed by atoms with Crippen LogP contribution in [0.3, 0.4) is 0 Å². The molecule has 1 radical (unpaired) electrons. The van der Waals surface area contributed by atoms with Gasteiger partial charge in [0.2, 0.25) is 0 Å². The van der Waals surface area contributed by atoms with E-state index >= 15 is 0 Å². The quantitative estimate of drug-likeness (QED) is 0.839. The van der Waals surface area contributed by atoms with Crippen molar-refractivity contribution in [2.24, 2.45) is 0 Å². The van der Waals surface area contributed by atoms with E-state index in [0.717, 1.165) is 18.0 Å². The van der Waals surface area contributed by atoms with E-state index in [1.807, 2.05) is 54.6 Å². The van der Waals surface area contributed by atoms with Crippen LogP contribution in [-0.2, 0) is 6.54 Å². The second-order valence-corrected chi connectivity index (χ2v) is 3.49. The predicted octanol–water partition coefficient (Wildman–Crippen LogP) is 3.36. The van der Waals surface area contributed by atoms with Gasteiger partial charge in [-0.2, -0.15) is 0 Å². The molecule has 2 aromatic carbocycles. The maximum Gasteiger partial charge on any atom is 0.127 e. The van der Waals surface area contributed by atoms with Gasteiger partial charge in [0.05, 0.1) is 0 Å². The lowest BCUT2D eigenvalue weighted by molar-refractivity contribution is 0.482. The smallest absolute Gasteiger partial charge is 0.127 e. The van der Waals surface area contributed by atoms with Crippen molar-refractivity contribution in [2.45, 2.75) is 6.54 Å². The molecule has 0 atom stereocenters. The predicted molar refractivity (Wildman–Crippen MR) is 65.2 cm³/mol. The number of hydrogen-bond donors (Lipinski definition) is 1. The van der Waals surface area contributed by atoms with Gasteiger partial charge in [-0.1, -0.05) is 30.3 Å². The number of para-hydroxylation sites is 1. The lowest BCUT2D eigenvalue weighted by Crippen LogP contribution is -2.01. The Bertz CT molecular complexity index is 422. The molecule has 2 aromatic rings. The molecule has 0 aliphatic heterocycles. The van der Waals surface area contributed by atoms with Gasteiger partial charge in [-0.3, -0.25) is 0 Å². The molecule has 1 N–H and O–H groups in total. The Hall–Kier alpha value is -1.80. The van der Waals surface area contributed by atoms with Crippen LogP contribution in [0.4, 0.5) is 0 Å². The van der Waals surface area contributed by atoms with E-state index < -0.39 is 0 Å². The fraction of sp³-hybridized carbons (Fsp3) is 0.0714. The van der Waals surface area contributed by atoms with Crippen molar-refractivity contribution >= 4 is 0 Å². The first-order valence-electron chi connectivity index (χ1n) is 5.20. The molecule has 81 valence electrons. The zero-order valence-electron chi connectivity index (χ0n) is 9.02. The molecule has 2 rings (SSSR count). The highest BCUT2D eigenvalue weighted by Crippen LogP contribution is 2.20. The van der Waals surface area contributed by atoms with E-state index in [0.29, 0.717) is 0 Å². The number of hydrogen-bond acceptors (Lipinski definition) is 2. The first-order chi connectivity index (χ1) is 7.88. The molecule has 0 unspecified atom stereocenters. The Morgan fingerprint density at radius 1 is 0.875 bits per heavy atom. The summed E-state index contributed by atoms with van der Waals surface area (Å²) < 4.78 is 5.68. The highest BCUT2D eigenvalue weighted by atomic mass is 16.5. The van der Waals surface area contributed by atoms with Crippen molar-refractivity contribution in [3.63, 3.8) is 0 Å². The third-order valence-electron chi connectivity index (χ3n) is 2.23. The van der Waals surface area contributed by atoms with Crippen LogP contribution in [0.25, 0.3) is 0 Å². The first-order valence-corrected chi connectivity index (χ1v) is 5.20. The minimum absolute atomic E-state index is 0.769. The minimum atomic E-state index is 0.769. The molecule has 0 spiro atoms. The van der Waals surface area contributed by atoms with Crippen LogP contribution in [0.15, 0.2) is 54.6 Å². The lowest BCUT2D eigenvalue weighted by atomic mass is 10.2. The third kappa shape index (κ3) is 2.84.